The molecule has 1 saturated carbocycles. The number of hydrogen-bond acceptors (Lipinski definition) is 3. The average molecular weight is 228 g/mol. The molecule has 16 heavy (non-hydrogen) atoms. The van der Waals surface area contributed by atoms with Gasteiger partial charge in [0, 0.05) is 19.8 Å². The van der Waals surface area contributed by atoms with E-state index in [4.69, 9.17) is 4.74 Å². The second-order valence-corrected chi connectivity index (χ2v) is 4.44. The summed E-state index contributed by atoms with van der Waals surface area (Å²) in [6, 6.07) is -0.108. The second kappa shape index (κ2) is 7.63. The van der Waals surface area contributed by atoms with Crippen molar-refractivity contribution < 1.29 is 9.53 Å². The van der Waals surface area contributed by atoms with Gasteiger partial charge in [-0.2, -0.15) is 0 Å². The van der Waals surface area contributed by atoms with Crippen LogP contribution in [0.2, 0.25) is 0 Å². The van der Waals surface area contributed by atoms with Gasteiger partial charge >= 0.3 is 0 Å². The molecule has 1 atom stereocenters. The minimum Gasteiger partial charge on any atom is -0.381 e. The van der Waals surface area contributed by atoms with Crippen LogP contribution in [0.5, 0.6) is 0 Å². The van der Waals surface area contributed by atoms with E-state index in [9.17, 15) is 4.79 Å². The third-order valence-electron chi connectivity index (χ3n) is 2.71. The van der Waals surface area contributed by atoms with Crippen LogP contribution in [0.3, 0.4) is 0 Å². The molecule has 1 fully saturated rings. The molecule has 0 bridgehead atoms. The van der Waals surface area contributed by atoms with Gasteiger partial charge in [0.25, 0.3) is 0 Å². The van der Waals surface area contributed by atoms with Crippen molar-refractivity contribution in [2.75, 3.05) is 26.3 Å². The highest BCUT2D eigenvalue weighted by Crippen LogP contribution is 2.28. The van der Waals surface area contributed by atoms with Gasteiger partial charge in [0.2, 0.25) is 5.91 Å². The summed E-state index contributed by atoms with van der Waals surface area (Å²) in [7, 11) is 0. The van der Waals surface area contributed by atoms with Gasteiger partial charge in [0.1, 0.15) is 0 Å². The van der Waals surface area contributed by atoms with E-state index < -0.39 is 0 Å². The largest absolute Gasteiger partial charge is 0.381 e. The van der Waals surface area contributed by atoms with Crippen LogP contribution in [0.25, 0.3) is 0 Å². The molecule has 1 rings (SSSR count). The molecule has 1 unspecified atom stereocenters. The number of carbonyl (C=O) groups excluding carboxylic acids is 1. The van der Waals surface area contributed by atoms with Crippen LogP contribution in [0, 0.1) is 5.92 Å². The van der Waals surface area contributed by atoms with E-state index in [1.54, 1.807) is 0 Å². The summed E-state index contributed by atoms with van der Waals surface area (Å²) in [5, 5.41) is 5.97. The molecule has 0 radical (unpaired) electrons. The molecule has 4 heteroatoms. The van der Waals surface area contributed by atoms with E-state index in [1.165, 1.54) is 12.8 Å². The molecule has 0 aliphatic heterocycles. The fraction of sp³-hybridized carbons (Fsp3) is 0.917. The first-order valence-electron chi connectivity index (χ1n) is 6.33. The summed E-state index contributed by atoms with van der Waals surface area (Å²) in [5.74, 6) is 0.906. The minimum absolute atomic E-state index is 0.0707. The Morgan fingerprint density at radius 1 is 1.50 bits per heavy atom. The van der Waals surface area contributed by atoms with Gasteiger partial charge in [0.15, 0.2) is 0 Å². The molecule has 2 N–H and O–H groups in total. The number of ether oxygens (including phenoxy) is 1. The fourth-order valence-electron chi connectivity index (χ4n) is 1.45. The molecule has 1 aliphatic carbocycles. The van der Waals surface area contributed by atoms with E-state index >= 15 is 0 Å². The molecule has 0 aromatic heterocycles. The van der Waals surface area contributed by atoms with Crippen LogP contribution in [0.4, 0.5) is 0 Å². The summed E-state index contributed by atoms with van der Waals surface area (Å²) in [6.45, 7) is 7.06. The summed E-state index contributed by atoms with van der Waals surface area (Å²) in [4.78, 5) is 11.4. The molecule has 0 spiro atoms. The van der Waals surface area contributed by atoms with Gasteiger partial charge in [-0.1, -0.05) is 0 Å². The van der Waals surface area contributed by atoms with Crippen molar-refractivity contribution in [2.24, 2.45) is 5.92 Å². The van der Waals surface area contributed by atoms with Crippen molar-refractivity contribution in [1.82, 2.24) is 10.6 Å². The molecule has 0 aromatic rings. The van der Waals surface area contributed by atoms with Crippen LogP contribution < -0.4 is 10.6 Å². The Morgan fingerprint density at radius 2 is 2.25 bits per heavy atom. The monoisotopic (exact) mass is 228 g/mol. The lowest BCUT2D eigenvalue weighted by Gasteiger charge is -2.13. The topological polar surface area (TPSA) is 50.4 Å². The third kappa shape index (κ3) is 6.08. The predicted molar refractivity (Wildman–Crippen MR) is 64.3 cm³/mol. The highest BCUT2D eigenvalue weighted by Gasteiger charge is 2.20. The molecular formula is C12H24N2O2. The zero-order valence-corrected chi connectivity index (χ0v) is 10.4. The first-order valence-corrected chi connectivity index (χ1v) is 6.33. The van der Waals surface area contributed by atoms with Crippen LogP contribution in [-0.2, 0) is 9.53 Å². The third-order valence-corrected chi connectivity index (χ3v) is 2.71. The molecule has 0 aromatic carbocycles. The highest BCUT2D eigenvalue weighted by molar-refractivity contribution is 5.81. The average Bonchev–Trinajstić information content (AvgIpc) is 3.07. The van der Waals surface area contributed by atoms with Crippen molar-refractivity contribution in [3.63, 3.8) is 0 Å². The Labute approximate surface area is 98.1 Å². The maximum absolute atomic E-state index is 11.4. The van der Waals surface area contributed by atoms with Gasteiger partial charge in [-0.25, -0.2) is 0 Å². The normalized spacial score (nSPS) is 17.1. The summed E-state index contributed by atoms with van der Waals surface area (Å²) in [5.41, 5.74) is 0. The van der Waals surface area contributed by atoms with Gasteiger partial charge < -0.3 is 15.4 Å². The molecule has 1 amide bonds. The van der Waals surface area contributed by atoms with Gasteiger partial charge in [-0.3, -0.25) is 4.79 Å². The molecule has 1 aliphatic rings. The maximum atomic E-state index is 11.4. The molecule has 94 valence electrons. The van der Waals surface area contributed by atoms with Crippen LogP contribution in [0.15, 0.2) is 0 Å². The lowest BCUT2D eigenvalue weighted by Crippen LogP contribution is -2.42. The lowest BCUT2D eigenvalue weighted by atomic mass is 10.3. The SMILES string of the molecule is CCNC(=O)C(C)NCCCOCC1CC1. The number of hydrogen-bond donors (Lipinski definition) is 2. The summed E-state index contributed by atoms with van der Waals surface area (Å²) < 4.78 is 5.51. The first kappa shape index (κ1) is 13.5. The maximum Gasteiger partial charge on any atom is 0.236 e. The first-order chi connectivity index (χ1) is 7.74. The van der Waals surface area contributed by atoms with Crippen LogP contribution in [-0.4, -0.2) is 38.3 Å². The quantitative estimate of drug-likeness (QED) is 0.577. The van der Waals surface area contributed by atoms with E-state index in [0.717, 1.165) is 32.1 Å². The number of rotatable bonds is 9. The number of carbonyl (C=O) groups is 1. The number of amides is 1. The van der Waals surface area contributed by atoms with Crippen LogP contribution in [0.1, 0.15) is 33.1 Å². The number of likely N-dealkylation sites (N-methyl/N-ethyl adjacent to an activating group) is 1. The van der Waals surface area contributed by atoms with Gasteiger partial charge in [-0.15, -0.1) is 0 Å². The zero-order chi connectivity index (χ0) is 11.8. The summed E-state index contributed by atoms with van der Waals surface area (Å²) >= 11 is 0. The Morgan fingerprint density at radius 3 is 2.88 bits per heavy atom. The lowest BCUT2D eigenvalue weighted by molar-refractivity contribution is -0.122. The Hall–Kier alpha value is -0.610. The predicted octanol–water partition coefficient (Wildman–Crippen LogP) is 0.917. The van der Waals surface area contributed by atoms with Crippen molar-refractivity contribution in [3.8, 4) is 0 Å². The van der Waals surface area contributed by atoms with Crippen molar-refractivity contribution >= 4 is 5.91 Å². The smallest absolute Gasteiger partial charge is 0.236 e. The van der Waals surface area contributed by atoms with Crippen molar-refractivity contribution in [1.29, 1.82) is 0 Å². The van der Waals surface area contributed by atoms with Crippen molar-refractivity contribution in [3.05, 3.63) is 0 Å². The molecular weight excluding hydrogens is 204 g/mol. The molecule has 0 heterocycles. The molecule has 4 nitrogen and oxygen atoms in total. The fourth-order valence-corrected chi connectivity index (χ4v) is 1.45. The van der Waals surface area contributed by atoms with E-state index in [2.05, 4.69) is 10.6 Å². The van der Waals surface area contributed by atoms with E-state index in [-0.39, 0.29) is 11.9 Å². The summed E-state index contributed by atoms with van der Waals surface area (Å²) in [6.07, 6.45) is 3.65. The van der Waals surface area contributed by atoms with E-state index in [1.807, 2.05) is 13.8 Å². The van der Waals surface area contributed by atoms with E-state index in [0.29, 0.717) is 6.54 Å². The standard InChI is InChI=1S/C12H24N2O2/c1-3-13-12(15)10(2)14-7-4-8-16-9-11-5-6-11/h10-11,14H,3-9H2,1-2H3,(H,13,15). The Bertz CT molecular complexity index is 205. The van der Waals surface area contributed by atoms with Crippen LogP contribution >= 0.6 is 0 Å². The minimum atomic E-state index is -0.108. The van der Waals surface area contributed by atoms with Crippen molar-refractivity contribution in [2.45, 2.75) is 39.2 Å². The number of nitrogens with one attached hydrogen (secondary N) is 2. The zero-order valence-electron chi connectivity index (χ0n) is 10.4. The van der Waals surface area contributed by atoms with Gasteiger partial charge in [0.05, 0.1) is 6.04 Å². The second-order valence-electron chi connectivity index (χ2n) is 4.44. The van der Waals surface area contributed by atoms with Gasteiger partial charge in [-0.05, 0) is 45.6 Å². The Kier molecular flexibility index (Phi) is 6.42. The Balaban J connectivity index is 1.86. The highest BCUT2D eigenvalue weighted by atomic mass is 16.5. The molecule has 0 saturated heterocycles.